The number of aromatic nitrogens is 3. The highest BCUT2D eigenvalue weighted by Gasteiger charge is 2.63. The molecule has 7 nitrogen and oxygen atoms in total. The Morgan fingerprint density at radius 3 is 2.77 bits per heavy atom. The summed E-state index contributed by atoms with van der Waals surface area (Å²) in [6, 6.07) is 5.48. The lowest BCUT2D eigenvalue weighted by Crippen LogP contribution is -2.36. The number of anilines is 2. The molecule has 2 N–H and O–H groups in total. The van der Waals surface area contributed by atoms with Gasteiger partial charge >= 0.3 is 5.92 Å². The van der Waals surface area contributed by atoms with E-state index in [1.165, 1.54) is 12.1 Å². The number of nitrogens with one attached hydrogen (secondary N) is 1. The van der Waals surface area contributed by atoms with Gasteiger partial charge in [-0.3, -0.25) is 4.98 Å². The van der Waals surface area contributed by atoms with Crippen LogP contribution in [0.15, 0.2) is 30.5 Å². The average Bonchev–Trinajstić information content (AvgIpc) is 3.27. The second kappa shape index (κ2) is 7.76. The fourth-order valence-corrected chi connectivity index (χ4v) is 5.22. The Bertz CT molecular complexity index is 1320. The SMILES string of the molecule is Cc1nnc(N[C@H](C)c2cccc(C(F)(F)C3(O)CC3)c2F)c2cc(N3CC4CC3CO4)cnc12. The van der Waals surface area contributed by atoms with E-state index < -0.39 is 28.9 Å². The minimum Gasteiger partial charge on any atom is -0.383 e. The maximum Gasteiger partial charge on any atom is 0.304 e. The lowest BCUT2D eigenvalue weighted by Gasteiger charge is -2.29. The molecule has 0 spiro atoms. The van der Waals surface area contributed by atoms with E-state index in [1.807, 2.05) is 19.2 Å². The highest BCUT2D eigenvalue weighted by atomic mass is 19.3. The van der Waals surface area contributed by atoms with Crippen molar-refractivity contribution in [3.05, 3.63) is 53.1 Å². The molecule has 1 aliphatic carbocycles. The van der Waals surface area contributed by atoms with Gasteiger partial charge in [0.25, 0.3) is 0 Å². The smallest absolute Gasteiger partial charge is 0.304 e. The van der Waals surface area contributed by atoms with Crippen LogP contribution in [0.1, 0.15) is 49.0 Å². The second-order valence-corrected chi connectivity index (χ2v) is 9.90. The van der Waals surface area contributed by atoms with Gasteiger partial charge in [0, 0.05) is 17.5 Å². The van der Waals surface area contributed by atoms with Gasteiger partial charge in [-0.25, -0.2) is 4.39 Å². The largest absolute Gasteiger partial charge is 0.383 e. The standard InChI is InChI=1S/C25H26F3N5O2/c1-13(18-4-3-5-20(21(18)26)25(27,28)24(34)6-7-24)30-23-19-9-15(10-29-22(19)14(2)31-32-23)33-11-17-8-16(33)12-35-17/h3-5,9-10,13,16-17,34H,6-8,11-12H2,1-2H3,(H,30,32)/t13-,16?,17?/m1/s1. The predicted molar refractivity (Wildman–Crippen MR) is 124 cm³/mol. The van der Waals surface area contributed by atoms with Gasteiger partial charge in [0.05, 0.1) is 53.5 Å². The number of alkyl halides is 2. The average molecular weight is 486 g/mol. The molecule has 1 saturated carbocycles. The second-order valence-electron chi connectivity index (χ2n) is 9.90. The molecule has 2 aromatic heterocycles. The zero-order chi connectivity index (χ0) is 24.5. The quantitative estimate of drug-likeness (QED) is 0.540. The molecular formula is C25H26F3N5O2. The van der Waals surface area contributed by atoms with Gasteiger partial charge in [-0.1, -0.05) is 12.1 Å². The summed E-state index contributed by atoms with van der Waals surface area (Å²) in [5, 5.41) is 22.4. The molecule has 2 unspecified atom stereocenters. The minimum absolute atomic E-state index is 0.0531. The fourth-order valence-electron chi connectivity index (χ4n) is 5.22. The van der Waals surface area contributed by atoms with Crippen molar-refractivity contribution in [3.8, 4) is 0 Å². The van der Waals surface area contributed by atoms with Crippen molar-refractivity contribution in [2.45, 2.75) is 62.8 Å². The lowest BCUT2D eigenvalue weighted by molar-refractivity contribution is -0.134. The van der Waals surface area contributed by atoms with Crippen LogP contribution < -0.4 is 10.2 Å². The van der Waals surface area contributed by atoms with E-state index in [1.54, 1.807) is 6.92 Å². The molecule has 4 heterocycles. The molecule has 2 saturated heterocycles. The summed E-state index contributed by atoms with van der Waals surface area (Å²) in [6.45, 7) is 4.98. The van der Waals surface area contributed by atoms with Crippen LogP contribution in [-0.4, -0.2) is 51.2 Å². The number of aliphatic hydroxyl groups is 1. The van der Waals surface area contributed by atoms with E-state index in [9.17, 15) is 13.9 Å². The van der Waals surface area contributed by atoms with Crippen molar-refractivity contribution in [2.75, 3.05) is 23.4 Å². The van der Waals surface area contributed by atoms with E-state index >= 15 is 4.39 Å². The number of rotatable bonds is 6. The Morgan fingerprint density at radius 1 is 1.29 bits per heavy atom. The van der Waals surface area contributed by atoms with Crippen LogP contribution in [0.3, 0.4) is 0 Å². The number of morpholine rings is 1. The van der Waals surface area contributed by atoms with E-state index in [0.717, 1.165) is 30.1 Å². The molecule has 6 rings (SSSR count). The summed E-state index contributed by atoms with van der Waals surface area (Å²) >= 11 is 0. The third-order valence-electron chi connectivity index (χ3n) is 7.50. The third kappa shape index (κ3) is 3.53. The molecular weight excluding hydrogens is 459 g/mol. The summed E-state index contributed by atoms with van der Waals surface area (Å²) in [6.07, 6.45) is 2.93. The van der Waals surface area contributed by atoms with Crippen LogP contribution in [0.4, 0.5) is 24.7 Å². The monoisotopic (exact) mass is 485 g/mol. The van der Waals surface area contributed by atoms with Gasteiger partial charge in [0.1, 0.15) is 11.4 Å². The molecule has 0 radical (unpaired) electrons. The van der Waals surface area contributed by atoms with Crippen LogP contribution in [0.25, 0.3) is 10.9 Å². The fraction of sp³-hybridized carbons (Fsp3) is 0.480. The number of ether oxygens (including phenoxy) is 1. The zero-order valence-electron chi connectivity index (χ0n) is 19.4. The normalized spacial score (nSPS) is 23.7. The molecule has 3 aromatic rings. The number of hydrogen-bond donors (Lipinski definition) is 2. The number of hydrogen-bond acceptors (Lipinski definition) is 7. The number of pyridine rings is 1. The van der Waals surface area contributed by atoms with Crippen molar-refractivity contribution in [1.29, 1.82) is 0 Å². The van der Waals surface area contributed by atoms with Crippen LogP contribution in [0.2, 0.25) is 0 Å². The first-order valence-electron chi connectivity index (χ1n) is 11.8. The van der Waals surface area contributed by atoms with Crippen LogP contribution in [0, 0.1) is 12.7 Å². The van der Waals surface area contributed by atoms with Crippen LogP contribution in [-0.2, 0) is 10.7 Å². The Balaban J connectivity index is 1.34. The predicted octanol–water partition coefficient (Wildman–Crippen LogP) is 4.24. The maximum atomic E-state index is 15.3. The molecule has 10 heteroatoms. The number of aryl methyl sites for hydroxylation is 1. The molecule has 3 fully saturated rings. The van der Waals surface area contributed by atoms with Crippen molar-refractivity contribution < 1.29 is 23.0 Å². The Kier molecular flexibility index (Phi) is 4.98. The molecule has 2 aliphatic heterocycles. The number of benzene rings is 1. The molecule has 1 aromatic carbocycles. The Labute approximate surface area is 200 Å². The van der Waals surface area contributed by atoms with Crippen molar-refractivity contribution in [3.63, 3.8) is 0 Å². The van der Waals surface area contributed by atoms with E-state index in [0.29, 0.717) is 29.7 Å². The molecule has 3 atom stereocenters. The summed E-state index contributed by atoms with van der Waals surface area (Å²) in [5.41, 5.74) is -0.651. The van der Waals surface area contributed by atoms with E-state index in [4.69, 9.17) is 4.74 Å². The van der Waals surface area contributed by atoms with E-state index in [2.05, 4.69) is 25.4 Å². The lowest BCUT2D eigenvalue weighted by atomic mass is 9.96. The molecule has 35 heavy (non-hydrogen) atoms. The Morgan fingerprint density at radius 2 is 2.09 bits per heavy atom. The number of halogens is 3. The number of nitrogens with zero attached hydrogens (tertiary/aromatic N) is 4. The van der Waals surface area contributed by atoms with Gasteiger partial charge in [0.15, 0.2) is 5.82 Å². The van der Waals surface area contributed by atoms with Crippen molar-refractivity contribution in [2.24, 2.45) is 0 Å². The first-order chi connectivity index (χ1) is 16.7. The van der Waals surface area contributed by atoms with E-state index in [-0.39, 0.29) is 24.5 Å². The molecule has 184 valence electrons. The van der Waals surface area contributed by atoms with Gasteiger partial charge in [-0.05, 0) is 45.2 Å². The summed E-state index contributed by atoms with van der Waals surface area (Å²) in [5.74, 6) is -4.31. The van der Waals surface area contributed by atoms with Crippen LogP contribution in [0.5, 0.6) is 0 Å². The summed E-state index contributed by atoms with van der Waals surface area (Å²) in [7, 11) is 0. The first-order valence-corrected chi connectivity index (χ1v) is 11.8. The van der Waals surface area contributed by atoms with Gasteiger partial charge in [-0.2, -0.15) is 13.9 Å². The summed E-state index contributed by atoms with van der Waals surface area (Å²) in [4.78, 5) is 6.90. The number of fused-ring (bicyclic) bond motifs is 3. The van der Waals surface area contributed by atoms with Crippen molar-refractivity contribution >= 4 is 22.4 Å². The van der Waals surface area contributed by atoms with Gasteiger partial charge in [-0.15, -0.1) is 5.10 Å². The highest BCUT2D eigenvalue weighted by molar-refractivity contribution is 5.92. The molecule has 0 amide bonds. The molecule has 2 bridgehead atoms. The first kappa shape index (κ1) is 22.5. The topological polar surface area (TPSA) is 83.4 Å². The zero-order valence-corrected chi connectivity index (χ0v) is 19.4. The van der Waals surface area contributed by atoms with Gasteiger partial charge in [0.2, 0.25) is 0 Å². The highest BCUT2D eigenvalue weighted by Crippen LogP contribution is 2.54. The van der Waals surface area contributed by atoms with Gasteiger partial charge < -0.3 is 20.1 Å². The minimum atomic E-state index is -3.67. The Hall–Kier alpha value is -2.98. The van der Waals surface area contributed by atoms with Crippen molar-refractivity contribution in [1.82, 2.24) is 15.2 Å². The third-order valence-corrected chi connectivity index (χ3v) is 7.50. The summed E-state index contributed by atoms with van der Waals surface area (Å²) < 4.78 is 50.6. The maximum absolute atomic E-state index is 15.3. The van der Waals surface area contributed by atoms with Crippen LogP contribution >= 0.6 is 0 Å². The molecule has 3 aliphatic rings.